The first-order valence-corrected chi connectivity index (χ1v) is 8.19. The summed E-state index contributed by atoms with van der Waals surface area (Å²) in [6.07, 6.45) is 0. The molecule has 0 aliphatic heterocycles. The largest absolute Gasteiger partial charge is 0.365 e. The Labute approximate surface area is 143 Å². The summed E-state index contributed by atoms with van der Waals surface area (Å²) in [7, 11) is 1.83. The smallest absolute Gasteiger partial charge is 0.276 e. The summed E-state index contributed by atoms with van der Waals surface area (Å²) in [5, 5.41) is 19.7. The van der Waals surface area contributed by atoms with Crippen molar-refractivity contribution < 1.29 is 4.79 Å². The van der Waals surface area contributed by atoms with Crippen LogP contribution in [0.3, 0.4) is 0 Å². The van der Waals surface area contributed by atoms with Gasteiger partial charge in [0.05, 0.1) is 12.2 Å². The monoisotopic (exact) mass is 340 g/mol. The first-order chi connectivity index (χ1) is 11.7. The molecule has 0 bridgehead atoms. The number of hydrogen-bond acceptors (Lipinski definition) is 7. The summed E-state index contributed by atoms with van der Waals surface area (Å²) in [4.78, 5) is 16.5. The molecular formula is C16H16N6OS. The van der Waals surface area contributed by atoms with E-state index in [4.69, 9.17) is 0 Å². The van der Waals surface area contributed by atoms with Gasteiger partial charge >= 0.3 is 0 Å². The van der Waals surface area contributed by atoms with Crippen LogP contribution >= 0.6 is 11.3 Å². The van der Waals surface area contributed by atoms with Crippen molar-refractivity contribution in [2.45, 2.75) is 6.54 Å². The van der Waals surface area contributed by atoms with Crippen molar-refractivity contribution in [3.63, 3.8) is 0 Å². The average molecular weight is 340 g/mol. The third-order valence-electron chi connectivity index (χ3n) is 3.15. The van der Waals surface area contributed by atoms with Crippen LogP contribution in [0.2, 0.25) is 0 Å². The van der Waals surface area contributed by atoms with Gasteiger partial charge in [-0.15, -0.1) is 21.5 Å². The number of amides is 1. The van der Waals surface area contributed by atoms with Crippen LogP contribution in [0, 0.1) is 0 Å². The highest BCUT2D eigenvalue weighted by Gasteiger charge is 2.08. The minimum Gasteiger partial charge on any atom is -0.365 e. The van der Waals surface area contributed by atoms with E-state index in [9.17, 15) is 4.79 Å². The molecule has 7 nitrogen and oxygen atoms in total. The van der Waals surface area contributed by atoms with Gasteiger partial charge in [0.1, 0.15) is 5.82 Å². The molecule has 8 heteroatoms. The summed E-state index contributed by atoms with van der Waals surface area (Å²) in [5.74, 6) is 0.295. The Kier molecular flexibility index (Phi) is 4.97. The van der Waals surface area contributed by atoms with Crippen LogP contribution < -0.4 is 16.0 Å². The summed E-state index contributed by atoms with van der Waals surface area (Å²) >= 11 is 1.54. The van der Waals surface area contributed by atoms with Crippen molar-refractivity contribution >= 4 is 33.9 Å². The molecule has 2 aromatic heterocycles. The van der Waals surface area contributed by atoms with E-state index < -0.39 is 0 Å². The fraction of sp³-hybridized carbons (Fsp3) is 0.125. The number of nitrogens with one attached hydrogen (secondary N) is 3. The lowest BCUT2D eigenvalue weighted by atomic mass is 10.3. The molecule has 0 spiro atoms. The topological polar surface area (TPSA) is 91.8 Å². The molecule has 3 N–H and O–H groups in total. The van der Waals surface area contributed by atoms with Gasteiger partial charge in [0, 0.05) is 18.1 Å². The van der Waals surface area contributed by atoms with Crippen LogP contribution in [0.15, 0.2) is 47.8 Å². The Morgan fingerprint density at radius 3 is 2.62 bits per heavy atom. The van der Waals surface area contributed by atoms with E-state index in [2.05, 4.69) is 31.1 Å². The third-order valence-corrected chi connectivity index (χ3v) is 4.05. The Balaban J connectivity index is 1.57. The van der Waals surface area contributed by atoms with Gasteiger partial charge < -0.3 is 16.0 Å². The third kappa shape index (κ3) is 4.05. The van der Waals surface area contributed by atoms with E-state index in [1.54, 1.807) is 23.5 Å². The fourth-order valence-corrected chi connectivity index (χ4v) is 2.62. The van der Waals surface area contributed by atoms with Crippen molar-refractivity contribution in [3.05, 3.63) is 59.2 Å². The second-order valence-corrected chi connectivity index (χ2v) is 5.73. The molecular weight excluding hydrogens is 324 g/mol. The molecule has 0 saturated carbocycles. The Morgan fingerprint density at radius 1 is 1.12 bits per heavy atom. The van der Waals surface area contributed by atoms with Crippen molar-refractivity contribution in [1.82, 2.24) is 15.2 Å². The first kappa shape index (κ1) is 15.9. The van der Waals surface area contributed by atoms with E-state index in [1.165, 1.54) is 0 Å². The van der Waals surface area contributed by atoms with Crippen LogP contribution in [0.4, 0.5) is 16.6 Å². The lowest BCUT2D eigenvalue weighted by Crippen LogP contribution is -2.14. The van der Waals surface area contributed by atoms with Gasteiger partial charge in [0.15, 0.2) is 10.8 Å². The molecule has 0 atom stereocenters. The van der Waals surface area contributed by atoms with E-state index in [0.717, 1.165) is 16.5 Å². The van der Waals surface area contributed by atoms with Gasteiger partial charge in [0.25, 0.3) is 5.91 Å². The van der Waals surface area contributed by atoms with Crippen LogP contribution in [-0.4, -0.2) is 28.1 Å². The SMILES string of the molecule is CNc1nc(CNc2ccc(C(=O)Nc3ccccc3)nn2)cs1. The van der Waals surface area contributed by atoms with Gasteiger partial charge in [-0.3, -0.25) is 4.79 Å². The van der Waals surface area contributed by atoms with Crippen LogP contribution in [-0.2, 0) is 6.54 Å². The van der Waals surface area contributed by atoms with E-state index in [1.807, 2.05) is 42.8 Å². The maximum atomic E-state index is 12.1. The molecule has 2 heterocycles. The van der Waals surface area contributed by atoms with Gasteiger partial charge in [-0.1, -0.05) is 18.2 Å². The van der Waals surface area contributed by atoms with Gasteiger partial charge in [-0.25, -0.2) is 4.98 Å². The zero-order valence-corrected chi connectivity index (χ0v) is 13.8. The summed E-state index contributed by atoms with van der Waals surface area (Å²) in [5.41, 5.74) is 1.89. The summed E-state index contributed by atoms with van der Waals surface area (Å²) in [6, 6.07) is 12.6. The standard InChI is InChI=1S/C16H16N6OS/c1-17-16-20-12(10-24-16)9-18-14-8-7-13(21-22-14)15(23)19-11-5-3-2-4-6-11/h2-8,10H,9H2,1H3,(H,17,20)(H,18,22)(H,19,23). The fourth-order valence-electron chi connectivity index (χ4n) is 1.95. The second kappa shape index (κ2) is 7.51. The molecule has 0 unspecified atom stereocenters. The van der Waals surface area contributed by atoms with E-state index in [0.29, 0.717) is 12.4 Å². The van der Waals surface area contributed by atoms with Crippen molar-refractivity contribution in [2.24, 2.45) is 0 Å². The van der Waals surface area contributed by atoms with Crippen molar-refractivity contribution in [1.29, 1.82) is 0 Å². The number of carbonyl (C=O) groups excluding carboxylic acids is 1. The maximum Gasteiger partial charge on any atom is 0.276 e. The summed E-state index contributed by atoms with van der Waals surface area (Å²) < 4.78 is 0. The minimum atomic E-state index is -0.293. The number of thiazole rings is 1. The highest BCUT2D eigenvalue weighted by atomic mass is 32.1. The lowest BCUT2D eigenvalue weighted by Gasteiger charge is -2.05. The number of aromatic nitrogens is 3. The van der Waals surface area contributed by atoms with E-state index >= 15 is 0 Å². The number of hydrogen-bond donors (Lipinski definition) is 3. The molecule has 0 fully saturated rings. The number of carbonyl (C=O) groups is 1. The number of rotatable bonds is 6. The van der Waals surface area contributed by atoms with Crippen LogP contribution in [0.5, 0.6) is 0 Å². The molecule has 3 rings (SSSR count). The Bertz CT molecular complexity index is 803. The molecule has 3 aromatic rings. The quantitative estimate of drug-likeness (QED) is 0.639. The zero-order chi connectivity index (χ0) is 16.8. The molecule has 24 heavy (non-hydrogen) atoms. The number of para-hydroxylation sites is 1. The molecule has 0 aliphatic carbocycles. The number of anilines is 3. The predicted molar refractivity (Wildman–Crippen MR) is 95.4 cm³/mol. The van der Waals surface area contributed by atoms with Crippen molar-refractivity contribution in [3.8, 4) is 0 Å². The lowest BCUT2D eigenvalue weighted by molar-refractivity contribution is 0.102. The Morgan fingerprint density at radius 2 is 1.96 bits per heavy atom. The molecule has 0 saturated heterocycles. The molecule has 1 aromatic carbocycles. The van der Waals surface area contributed by atoms with Gasteiger partial charge in [0.2, 0.25) is 0 Å². The van der Waals surface area contributed by atoms with Gasteiger partial charge in [-0.2, -0.15) is 0 Å². The molecule has 122 valence electrons. The second-order valence-electron chi connectivity index (χ2n) is 4.87. The molecule has 0 aliphatic rings. The molecule has 0 radical (unpaired) electrons. The van der Waals surface area contributed by atoms with Crippen LogP contribution in [0.25, 0.3) is 0 Å². The highest BCUT2D eigenvalue weighted by Crippen LogP contribution is 2.15. The van der Waals surface area contributed by atoms with Crippen molar-refractivity contribution in [2.75, 3.05) is 23.0 Å². The maximum absolute atomic E-state index is 12.1. The normalized spacial score (nSPS) is 10.2. The predicted octanol–water partition coefficient (Wildman–Crippen LogP) is 2.84. The van der Waals surface area contributed by atoms with E-state index in [-0.39, 0.29) is 11.6 Å². The molecule has 1 amide bonds. The highest BCUT2D eigenvalue weighted by molar-refractivity contribution is 7.13. The number of nitrogens with zero attached hydrogens (tertiary/aromatic N) is 3. The average Bonchev–Trinajstić information content (AvgIpc) is 3.09. The zero-order valence-electron chi connectivity index (χ0n) is 13.0. The first-order valence-electron chi connectivity index (χ1n) is 7.31. The number of benzene rings is 1. The van der Waals surface area contributed by atoms with Crippen LogP contribution in [0.1, 0.15) is 16.2 Å². The summed E-state index contributed by atoms with van der Waals surface area (Å²) in [6.45, 7) is 0.544. The minimum absolute atomic E-state index is 0.260. The van der Waals surface area contributed by atoms with Gasteiger partial charge in [-0.05, 0) is 24.3 Å². The Hall–Kier alpha value is -3.00.